The smallest absolute Gasteiger partial charge is 0.246 e. The molecule has 1 aromatic carbocycles. The summed E-state index contributed by atoms with van der Waals surface area (Å²) in [6.45, 7) is 4.40. The van der Waals surface area contributed by atoms with Crippen LogP contribution in [-0.2, 0) is 10.0 Å². The molecule has 2 rings (SSSR count). The number of nitrogens with zero attached hydrogens (tertiary/aromatic N) is 2. The third-order valence-corrected chi connectivity index (χ3v) is 5.99. The van der Waals surface area contributed by atoms with Crippen molar-refractivity contribution in [1.29, 1.82) is 0 Å². The maximum Gasteiger partial charge on any atom is 0.246 e. The molecule has 2 unspecified atom stereocenters. The van der Waals surface area contributed by atoms with Gasteiger partial charge in [-0.15, -0.1) is 0 Å². The Hall–Kier alpha value is -1.18. The maximum atomic E-state index is 14.1. The fourth-order valence-electron chi connectivity index (χ4n) is 2.78. The lowest BCUT2D eigenvalue weighted by atomic mass is 10.1. The third-order valence-electron chi connectivity index (χ3n) is 4.14. The molecule has 0 spiro atoms. The van der Waals surface area contributed by atoms with Gasteiger partial charge in [0.15, 0.2) is 0 Å². The molecule has 1 saturated heterocycles. The van der Waals surface area contributed by atoms with E-state index in [1.165, 1.54) is 16.4 Å². The summed E-state index contributed by atoms with van der Waals surface area (Å²) in [5, 5.41) is 0. The second-order valence-electron chi connectivity index (χ2n) is 5.97. The number of nitrogens with two attached hydrogens (primary N) is 1. The largest absolute Gasteiger partial charge is 0.398 e. The average molecular weight is 315 g/mol. The first-order valence-electron chi connectivity index (χ1n) is 6.86. The quantitative estimate of drug-likeness (QED) is 0.854. The van der Waals surface area contributed by atoms with Gasteiger partial charge in [-0.25, -0.2) is 12.8 Å². The molecule has 0 radical (unpaired) electrons. The average Bonchev–Trinajstić information content (AvgIpc) is 2.76. The summed E-state index contributed by atoms with van der Waals surface area (Å²) in [6, 6.07) is 2.52. The zero-order valence-electron chi connectivity index (χ0n) is 12.8. The minimum Gasteiger partial charge on any atom is -0.398 e. The van der Waals surface area contributed by atoms with Crippen molar-refractivity contribution in [2.45, 2.75) is 24.8 Å². The molecule has 1 heterocycles. The summed E-state index contributed by atoms with van der Waals surface area (Å²) in [6.07, 6.45) is 0. The molecule has 118 valence electrons. The van der Waals surface area contributed by atoms with E-state index in [1.807, 2.05) is 25.9 Å². The van der Waals surface area contributed by atoms with Gasteiger partial charge in [0.2, 0.25) is 10.0 Å². The summed E-state index contributed by atoms with van der Waals surface area (Å²) in [7, 11) is -0.0195. The summed E-state index contributed by atoms with van der Waals surface area (Å²) in [5.74, 6) is -0.553. The van der Waals surface area contributed by atoms with Gasteiger partial charge < -0.3 is 10.6 Å². The van der Waals surface area contributed by atoms with Crippen molar-refractivity contribution in [3.63, 3.8) is 0 Å². The van der Waals surface area contributed by atoms with Gasteiger partial charge >= 0.3 is 0 Å². The van der Waals surface area contributed by atoms with Gasteiger partial charge in [-0.3, -0.25) is 0 Å². The minimum atomic E-state index is -3.86. The number of halogens is 1. The van der Waals surface area contributed by atoms with Gasteiger partial charge in [0.1, 0.15) is 10.7 Å². The number of hydrogen-bond acceptors (Lipinski definition) is 4. The van der Waals surface area contributed by atoms with E-state index in [1.54, 1.807) is 6.92 Å². The van der Waals surface area contributed by atoms with Crippen molar-refractivity contribution in [3.05, 3.63) is 23.5 Å². The molecule has 2 atom stereocenters. The zero-order chi connectivity index (χ0) is 15.9. The van der Waals surface area contributed by atoms with Crippen LogP contribution in [0.4, 0.5) is 10.1 Å². The Bertz CT molecular complexity index is 646. The number of likely N-dealkylation sites (N-methyl/N-ethyl adjacent to an activating group) is 1. The van der Waals surface area contributed by atoms with Crippen LogP contribution in [0.2, 0.25) is 0 Å². The highest BCUT2D eigenvalue weighted by Gasteiger charge is 2.39. The molecule has 1 aliphatic heterocycles. The lowest BCUT2D eigenvalue weighted by molar-refractivity contribution is 0.263. The first-order chi connectivity index (χ1) is 9.64. The van der Waals surface area contributed by atoms with Crippen LogP contribution in [0.5, 0.6) is 0 Å². The van der Waals surface area contributed by atoms with Gasteiger partial charge in [-0.2, -0.15) is 4.31 Å². The molecule has 0 aliphatic carbocycles. The van der Waals surface area contributed by atoms with E-state index in [-0.39, 0.29) is 22.5 Å². The number of benzene rings is 1. The highest BCUT2D eigenvalue weighted by atomic mass is 32.2. The second-order valence-corrected chi connectivity index (χ2v) is 7.88. The first-order valence-corrected chi connectivity index (χ1v) is 8.30. The molecular formula is C14H22FN3O2S. The van der Waals surface area contributed by atoms with Gasteiger partial charge in [-0.05, 0) is 44.6 Å². The first kappa shape index (κ1) is 16.2. The van der Waals surface area contributed by atoms with E-state index in [0.717, 1.165) is 0 Å². The van der Waals surface area contributed by atoms with E-state index in [9.17, 15) is 12.8 Å². The molecule has 1 aliphatic rings. The lowest BCUT2D eigenvalue weighted by Gasteiger charge is -2.22. The number of anilines is 1. The predicted molar refractivity (Wildman–Crippen MR) is 80.9 cm³/mol. The molecule has 2 N–H and O–H groups in total. The highest BCUT2D eigenvalue weighted by Crippen LogP contribution is 2.29. The van der Waals surface area contributed by atoms with E-state index in [4.69, 9.17) is 5.73 Å². The van der Waals surface area contributed by atoms with Crippen molar-refractivity contribution in [1.82, 2.24) is 9.21 Å². The summed E-state index contributed by atoms with van der Waals surface area (Å²) >= 11 is 0. The molecule has 7 heteroatoms. The van der Waals surface area contributed by atoms with Crippen molar-refractivity contribution in [2.24, 2.45) is 5.92 Å². The monoisotopic (exact) mass is 315 g/mol. The molecule has 1 aromatic rings. The van der Waals surface area contributed by atoms with Crippen LogP contribution in [0.3, 0.4) is 0 Å². The van der Waals surface area contributed by atoms with E-state index in [0.29, 0.717) is 18.7 Å². The Labute approximate surface area is 125 Å². The Morgan fingerprint density at radius 2 is 1.95 bits per heavy atom. The number of rotatable bonds is 3. The van der Waals surface area contributed by atoms with Crippen LogP contribution in [0.15, 0.2) is 17.0 Å². The number of aryl methyl sites for hydroxylation is 1. The molecule has 5 nitrogen and oxygen atoms in total. The summed E-state index contributed by atoms with van der Waals surface area (Å²) in [4.78, 5) is 1.66. The van der Waals surface area contributed by atoms with Crippen LogP contribution in [0.1, 0.15) is 12.5 Å². The molecule has 0 amide bonds. The van der Waals surface area contributed by atoms with E-state index < -0.39 is 15.8 Å². The fraction of sp³-hybridized carbons (Fsp3) is 0.571. The zero-order valence-corrected chi connectivity index (χ0v) is 13.6. The van der Waals surface area contributed by atoms with Crippen LogP contribution in [0.25, 0.3) is 0 Å². The number of nitrogen functional groups attached to an aromatic ring is 1. The molecule has 0 aromatic heterocycles. The van der Waals surface area contributed by atoms with Crippen molar-refractivity contribution in [3.8, 4) is 0 Å². The molecular weight excluding hydrogens is 293 g/mol. The van der Waals surface area contributed by atoms with Gasteiger partial charge in [0.25, 0.3) is 0 Å². The summed E-state index contributed by atoms with van der Waals surface area (Å²) < 4.78 is 40.7. The van der Waals surface area contributed by atoms with E-state index in [2.05, 4.69) is 0 Å². The van der Waals surface area contributed by atoms with Crippen LogP contribution in [0, 0.1) is 18.7 Å². The Kier molecular flexibility index (Phi) is 4.28. The Morgan fingerprint density at radius 1 is 1.33 bits per heavy atom. The third kappa shape index (κ3) is 2.90. The number of sulfonamides is 1. The highest BCUT2D eigenvalue weighted by molar-refractivity contribution is 7.89. The fourth-order valence-corrected chi connectivity index (χ4v) is 4.42. The predicted octanol–water partition coefficient (Wildman–Crippen LogP) is 1.29. The second kappa shape index (κ2) is 5.55. The number of hydrogen-bond donors (Lipinski definition) is 1. The van der Waals surface area contributed by atoms with E-state index >= 15 is 0 Å². The van der Waals surface area contributed by atoms with Crippen LogP contribution >= 0.6 is 0 Å². The Balaban J connectivity index is 2.38. The standard InChI is InChI=1S/C14H22FN3O2S/c1-9-5-11(15)14(6-12(9)16)21(19,20)18-7-10(2)13(8-18)17(3)4/h5-6,10,13H,7-8,16H2,1-4H3. The molecule has 1 fully saturated rings. The molecule has 21 heavy (non-hydrogen) atoms. The lowest BCUT2D eigenvalue weighted by Crippen LogP contribution is -2.36. The van der Waals surface area contributed by atoms with Gasteiger partial charge in [0.05, 0.1) is 0 Å². The van der Waals surface area contributed by atoms with Crippen LogP contribution in [-0.4, -0.2) is 50.8 Å². The molecule has 0 saturated carbocycles. The van der Waals surface area contributed by atoms with Gasteiger partial charge in [-0.1, -0.05) is 6.92 Å². The Morgan fingerprint density at radius 3 is 2.48 bits per heavy atom. The summed E-state index contributed by atoms with van der Waals surface area (Å²) in [5.41, 5.74) is 6.55. The van der Waals surface area contributed by atoms with Crippen LogP contribution < -0.4 is 5.73 Å². The van der Waals surface area contributed by atoms with Gasteiger partial charge in [0, 0.05) is 24.8 Å². The SMILES string of the molecule is Cc1cc(F)c(S(=O)(=O)N2CC(C)C(N(C)C)C2)cc1N. The maximum absolute atomic E-state index is 14.1. The minimum absolute atomic E-state index is 0.130. The topological polar surface area (TPSA) is 66.6 Å². The molecule has 0 bridgehead atoms. The van der Waals surface area contributed by atoms with Crippen molar-refractivity contribution in [2.75, 3.05) is 32.9 Å². The normalized spacial score (nSPS) is 23.9. The van der Waals surface area contributed by atoms with Crippen molar-refractivity contribution >= 4 is 15.7 Å². The van der Waals surface area contributed by atoms with Crippen molar-refractivity contribution < 1.29 is 12.8 Å².